The summed E-state index contributed by atoms with van der Waals surface area (Å²) in [5.74, 6) is 0.181. The van der Waals surface area contributed by atoms with Crippen molar-refractivity contribution in [3.8, 4) is 0 Å². The second-order valence-electron chi connectivity index (χ2n) is 7.80. The summed E-state index contributed by atoms with van der Waals surface area (Å²) in [5.41, 5.74) is 2.22. The first-order chi connectivity index (χ1) is 12.0. The summed E-state index contributed by atoms with van der Waals surface area (Å²) in [6.45, 7) is 2.90. The molecule has 0 saturated carbocycles. The number of likely N-dealkylation sites (tertiary alicyclic amines) is 2. The molecule has 2 aliphatic heterocycles. The normalized spacial score (nSPS) is 23.7. The first kappa shape index (κ1) is 16.4. The fourth-order valence-electron chi connectivity index (χ4n) is 4.48. The molecule has 0 aromatic heterocycles. The molecule has 0 bridgehead atoms. The van der Waals surface area contributed by atoms with Crippen molar-refractivity contribution >= 4 is 22.4 Å². The van der Waals surface area contributed by atoms with Crippen LogP contribution in [0.15, 0.2) is 36.4 Å². The van der Waals surface area contributed by atoms with Crippen LogP contribution in [0.2, 0.25) is 0 Å². The van der Waals surface area contributed by atoms with Crippen LogP contribution in [0.3, 0.4) is 0 Å². The van der Waals surface area contributed by atoms with Crippen LogP contribution in [0.1, 0.15) is 29.6 Å². The van der Waals surface area contributed by atoms with E-state index in [0.29, 0.717) is 0 Å². The van der Waals surface area contributed by atoms with Crippen molar-refractivity contribution in [1.82, 2.24) is 9.80 Å². The number of rotatable bonds is 2. The number of anilines is 1. The van der Waals surface area contributed by atoms with Gasteiger partial charge in [-0.2, -0.15) is 0 Å². The Kier molecular flexibility index (Phi) is 3.95. The number of amides is 1. The van der Waals surface area contributed by atoms with Crippen LogP contribution in [0.25, 0.3) is 10.8 Å². The second kappa shape index (κ2) is 6.03. The Hall–Kier alpha value is -2.07. The average Bonchev–Trinajstić information content (AvgIpc) is 2.65. The Morgan fingerprint density at radius 1 is 1.04 bits per heavy atom. The van der Waals surface area contributed by atoms with Crippen LogP contribution in [0.5, 0.6) is 0 Å². The molecule has 2 aromatic rings. The largest absolute Gasteiger partial charge is 0.377 e. The molecule has 1 spiro atoms. The molecular formula is C21H27N3O. The predicted octanol–water partition coefficient (Wildman–Crippen LogP) is 3.22. The van der Waals surface area contributed by atoms with Crippen molar-refractivity contribution < 1.29 is 4.79 Å². The fourth-order valence-corrected chi connectivity index (χ4v) is 4.48. The zero-order valence-corrected chi connectivity index (χ0v) is 15.5. The van der Waals surface area contributed by atoms with Gasteiger partial charge in [0, 0.05) is 55.9 Å². The van der Waals surface area contributed by atoms with Gasteiger partial charge in [-0.1, -0.05) is 24.3 Å². The highest BCUT2D eigenvalue weighted by molar-refractivity contribution is 6.10. The van der Waals surface area contributed by atoms with Crippen LogP contribution in [-0.2, 0) is 0 Å². The zero-order chi connectivity index (χ0) is 17.6. The zero-order valence-electron chi connectivity index (χ0n) is 15.5. The number of carbonyl (C=O) groups excluding carboxylic acids is 1. The first-order valence-electron chi connectivity index (χ1n) is 9.21. The van der Waals surface area contributed by atoms with Crippen molar-refractivity contribution in [2.75, 3.05) is 45.7 Å². The lowest BCUT2D eigenvalue weighted by Crippen LogP contribution is -2.66. The van der Waals surface area contributed by atoms with E-state index in [1.165, 1.54) is 12.8 Å². The van der Waals surface area contributed by atoms with Gasteiger partial charge in [0.2, 0.25) is 0 Å². The molecule has 4 nitrogen and oxygen atoms in total. The third-order valence-corrected chi connectivity index (χ3v) is 6.18. The van der Waals surface area contributed by atoms with Crippen molar-refractivity contribution in [1.29, 1.82) is 0 Å². The number of piperidine rings is 1. The minimum absolute atomic E-state index is 0.181. The van der Waals surface area contributed by atoms with Crippen LogP contribution < -0.4 is 4.90 Å². The number of carbonyl (C=O) groups is 1. The Balaban J connectivity index is 1.70. The molecule has 1 amide bonds. The van der Waals surface area contributed by atoms with E-state index in [9.17, 15) is 4.79 Å². The van der Waals surface area contributed by atoms with Crippen LogP contribution in [-0.4, -0.2) is 62.0 Å². The van der Waals surface area contributed by atoms with Crippen molar-refractivity contribution in [2.45, 2.75) is 24.8 Å². The molecule has 25 heavy (non-hydrogen) atoms. The molecular weight excluding hydrogens is 310 g/mol. The number of likely N-dealkylation sites (N-methyl/N-ethyl adjacent to an activating group) is 1. The highest BCUT2D eigenvalue weighted by Crippen LogP contribution is 2.38. The standard InChI is InChI=1S/C21H27N3O/c1-22(2)19-10-9-18(16-7-4-5-8-17(16)19)20(25)24-13-6-11-21(15-24)12-14-23(21)3/h4-5,7-10H,6,11-15H2,1-3H3/t21-/m0/s1. The summed E-state index contributed by atoms with van der Waals surface area (Å²) in [6, 6.07) is 12.3. The maximum absolute atomic E-state index is 13.3. The maximum atomic E-state index is 13.3. The van der Waals surface area contributed by atoms with Gasteiger partial charge in [0.25, 0.3) is 5.91 Å². The predicted molar refractivity (Wildman–Crippen MR) is 103 cm³/mol. The van der Waals surface area contributed by atoms with Gasteiger partial charge in [-0.15, -0.1) is 0 Å². The van der Waals surface area contributed by atoms with Gasteiger partial charge in [0.15, 0.2) is 0 Å². The minimum Gasteiger partial charge on any atom is -0.377 e. The Morgan fingerprint density at radius 3 is 2.44 bits per heavy atom. The van der Waals surface area contributed by atoms with Gasteiger partial charge in [-0.25, -0.2) is 0 Å². The van der Waals surface area contributed by atoms with E-state index in [1.54, 1.807) is 0 Å². The smallest absolute Gasteiger partial charge is 0.254 e. The molecule has 2 aromatic carbocycles. The molecule has 2 saturated heterocycles. The van der Waals surface area contributed by atoms with Crippen LogP contribution >= 0.6 is 0 Å². The van der Waals surface area contributed by atoms with Crippen molar-refractivity contribution in [2.24, 2.45) is 0 Å². The summed E-state index contributed by atoms with van der Waals surface area (Å²) in [5, 5.41) is 2.20. The second-order valence-corrected chi connectivity index (χ2v) is 7.80. The SMILES string of the molecule is CN(C)c1ccc(C(=O)N2CCC[C@]3(CCN3C)C2)c2ccccc12. The molecule has 0 N–H and O–H groups in total. The lowest BCUT2D eigenvalue weighted by molar-refractivity contribution is -0.0408. The molecule has 4 heteroatoms. The van der Waals surface area contributed by atoms with Gasteiger partial charge in [-0.3, -0.25) is 9.69 Å². The molecule has 0 radical (unpaired) electrons. The minimum atomic E-state index is 0.181. The Bertz CT molecular complexity index is 816. The highest BCUT2D eigenvalue weighted by Gasteiger charge is 2.46. The summed E-state index contributed by atoms with van der Waals surface area (Å²) < 4.78 is 0. The van der Waals surface area contributed by atoms with E-state index in [-0.39, 0.29) is 11.4 Å². The van der Waals surface area contributed by atoms with Gasteiger partial charge < -0.3 is 9.80 Å². The molecule has 132 valence electrons. The molecule has 2 fully saturated rings. The number of benzene rings is 2. The Labute approximate surface area is 150 Å². The summed E-state index contributed by atoms with van der Waals surface area (Å²) in [7, 11) is 6.28. The molecule has 2 heterocycles. The van der Waals surface area contributed by atoms with Crippen LogP contribution in [0, 0.1) is 0 Å². The average molecular weight is 337 g/mol. The summed E-state index contributed by atoms with van der Waals surface area (Å²) in [6.07, 6.45) is 3.53. The van der Waals surface area contributed by atoms with Gasteiger partial charge >= 0.3 is 0 Å². The lowest BCUT2D eigenvalue weighted by Gasteiger charge is -2.55. The van der Waals surface area contributed by atoms with E-state index < -0.39 is 0 Å². The van der Waals surface area contributed by atoms with Gasteiger partial charge in [0.1, 0.15) is 0 Å². The highest BCUT2D eigenvalue weighted by atomic mass is 16.2. The summed E-state index contributed by atoms with van der Waals surface area (Å²) >= 11 is 0. The number of hydrogen-bond acceptors (Lipinski definition) is 3. The third-order valence-electron chi connectivity index (χ3n) is 6.18. The first-order valence-corrected chi connectivity index (χ1v) is 9.21. The summed E-state index contributed by atoms with van der Waals surface area (Å²) in [4.78, 5) is 19.9. The fraction of sp³-hybridized carbons (Fsp3) is 0.476. The topological polar surface area (TPSA) is 26.8 Å². The molecule has 2 aliphatic rings. The molecule has 0 aliphatic carbocycles. The third kappa shape index (κ3) is 2.60. The maximum Gasteiger partial charge on any atom is 0.254 e. The number of fused-ring (bicyclic) bond motifs is 1. The molecule has 1 atom stereocenters. The van der Waals surface area contributed by atoms with E-state index in [0.717, 1.165) is 48.1 Å². The molecule has 0 unspecified atom stereocenters. The van der Waals surface area contributed by atoms with E-state index >= 15 is 0 Å². The lowest BCUT2D eigenvalue weighted by atomic mass is 9.78. The van der Waals surface area contributed by atoms with Crippen molar-refractivity contribution in [3.63, 3.8) is 0 Å². The quantitative estimate of drug-likeness (QED) is 0.842. The molecule has 4 rings (SSSR count). The van der Waals surface area contributed by atoms with Gasteiger partial charge in [-0.05, 0) is 43.8 Å². The monoisotopic (exact) mass is 337 g/mol. The van der Waals surface area contributed by atoms with Crippen molar-refractivity contribution in [3.05, 3.63) is 42.0 Å². The van der Waals surface area contributed by atoms with Gasteiger partial charge in [0.05, 0.1) is 0 Å². The Morgan fingerprint density at radius 2 is 1.80 bits per heavy atom. The van der Waals surface area contributed by atoms with E-state index in [4.69, 9.17) is 0 Å². The number of nitrogens with zero attached hydrogens (tertiary/aromatic N) is 3. The van der Waals surface area contributed by atoms with E-state index in [2.05, 4.69) is 39.9 Å². The number of hydrogen-bond donors (Lipinski definition) is 0. The van der Waals surface area contributed by atoms with Crippen LogP contribution in [0.4, 0.5) is 5.69 Å². The van der Waals surface area contributed by atoms with E-state index in [1.807, 2.05) is 32.3 Å².